The number of benzene rings is 2. The van der Waals surface area contributed by atoms with Crippen LogP contribution in [-0.4, -0.2) is 31.5 Å². The van der Waals surface area contributed by atoms with Crippen LogP contribution in [0.25, 0.3) is 0 Å². The maximum Gasteiger partial charge on any atom is 0.191 e. The Morgan fingerprint density at radius 2 is 1.72 bits per heavy atom. The van der Waals surface area contributed by atoms with Crippen LogP contribution in [0.1, 0.15) is 23.6 Å². The summed E-state index contributed by atoms with van der Waals surface area (Å²) in [4.78, 5) is 6.79. The molecule has 0 aromatic heterocycles. The molecule has 134 valence electrons. The zero-order chi connectivity index (χ0) is 18.1. The number of hydrogen-bond donors (Lipinski definition) is 2. The molecule has 0 aliphatic carbocycles. The molecule has 0 saturated carbocycles. The number of halogens is 1. The Bertz CT molecular complexity index is 680. The molecule has 2 N–H and O–H groups in total. The van der Waals surface area contributed by atoms with Gasteiger partial charge in [-0.05, 0) is 49.8 Å². The van der Waals surface area contributed by atoms with Crippen molar-refractivity contribution in [2.24, 2.45) is 4.99 Å². The third-order valence-corrected chi connectivity index (χ3v) is 3.87. The molecule has 0 heterocycles. The van der Waals surface area contributed by atoms with Crippen LogP contribution in [0.15, 0.2) is 53.5 Å². The molecule has 5 heteroatoms. The number of aliphatic imine (C=N–C) groups is 1. The topological polar surface area (TPSA) is 39.7 Å². The highest BCUT2D eigenvalue weighted by atomic mass is 35.5. The molecule has 0 aliphatic rings. The van der Waals surface area contributed by atoms with Gasteiger partial charge in [-0.1, -0.05) is 48.0 Å². The average molecular weight is 359 g/mol. The number of hydrogen-bond acceptors (Lipinski definition) is 2. The van der Waals surface area contributed by atoms with Crippen molar-refractivity contribution in [3.63, 3.8) is 0 Å². The summed E-state index contributed by atoms with van der Waals surface area (Å²) in [5.41, 5.74) is 3.64. The lowest BCUT2D eigenvalue weighted by Gasteiger charge is -2.13. The van der Waals surface area contributed by atoms with E-state index < -0.39 is 0 Å². The van der Waals surface area contributed by atoms with Gasteiger partial charge >= 0.3 is 0 Å². The van der Waals surface area contributed by atoms with Gasteiger partial charge in [-0.2, -0.15) is 0 Å². The largest absolute Gasteiger partial charge is 0.357 e. The van der Waals surface area contributed by atoms with E-state index in [0.717, 1.165) is 36.2 Å². The summed E-state index contributed by atoms with van der Waals surface area (Å²) in [6.45, 7) is 5.18. The summed E-state index contributed by atoms with van der Waals surface area (Å²) in [5, 5.41) is 7.39. The molecule has 0 radical (unpaired) electrons. The fourth-order valence-corrected chi connectivity index (χ4v) is 2.67. The molecule has 25 heavy (non-hydrogen) atoms. The molecule has 0 unspecified atom stereocenters. The number of nitrogens with one attached hydrogen (secondary N) is 2. The predicted molar refractivity (Wildman–Crippen MR) is 107 cm³/mol. The minimum Gasteiger partial charge on any atom is -0.357 e. The van der Waals surface area contributed by atoms with Crippen molar-refractivity contribution in [1.29, 1.82) is 0 Å². The summed E-state index contributed by atoms with van der Waals surface area (Å²) in [6, 6.07) is 16.5. The summed E-state index contributed by atoms with van der Waals surface area (Å²) >= 11 is 6.02. The Kier molecular flexibility index (Phi) is 7.76. The Labute approximate surface area is 155 Å². The lowest BCUT2D eigenvalue weighted by atomic mass is 10.1. The first-order chi connectivity index (χ1) is 12.1. The molecule has 2 rings (SSSR count). The predicted octanol–water partition coefficient (Wildman–Crippen LogP) is 3.66. The molecule has 0 saturated heterocycles. The van der Waals surface area contributed by atoms with Crippen molar-refractivity contribution in [3.05, 3.63) is 70.2 Å². The van der Waals surface area contributed by atoms with Gasteiger partial charge in [-0.25, -0.2) is 4.99 Å². The van der Waals surface area contributed by atoms with E-state index in [1.165, 1.54) is 11.1 Å². The number of rotatable bonds is 7. The minimum atomic E-state index is 0.595. The first-order valence-corrected chi connectivity index (χ1v) is 8.94. The van der Waals surface area contributed by atoms with E-state index in [-0.39, 0.29) is 0 Å². The summed E-state index contributed by atoms with van der Waals surface area (Å²) < 4.78 is 0. The van der Waals surface area contributed by atoms with Gasteiger partial charge in [0.2, 0.25) is 0 Å². The van der Waals surface area contributed by atoms with E-state index in [2.05, 4.69) is 65.8 Å². The number of nitrogens with zero attached hydrogens (tertiary/aromatic N) is 2. The first-order valence-electron chi connectivity index (χ1n) is 8.56. The normalized spacial score (nSPS) is 11.6. The third-order valence-electron chi connectivity index (χ3n) is 3.63. The maximum atomic E-state index is 6.02. The summed E-state index contributed by atoms with van der Waals surface area (Å²) in [6.07, 6.45) is 0. The van der Waals surface area contributed by atoms with Gasteiger partial charge in [0.1, 0.15) is 0 Å². The lowest BCUT2D eigenvalue weighted by molar-refractivity contribution is 0.402. The highest BCUT2D eigenvalue weighted by molar-refractivity contribution is 6.30. The smallest absolute Gasteiger partial charge is 0.191 e. The van der Waals surface area contributed by atoms with E-state index in [9.17, 15) is 0 Å². The van der Waals surface area contributed by atoms with Crippen molar-refractivity contribution < 1.29 is 0 Å². The Morgan fingerprint density at radius 1 is 1.00 bits per heavy atom. The molecule has 4 nitrogen and oxygen atoms in total. The van der Waals surface area contributed by atoms with Crippen LogP contribution in [0.2, 0.25) is 5.02 Å². The van der Waals surface area contributed by atoms with Crippen molar-refractivity contribution in [2.75, 3.05) is 20.6 Å². The van der Waals surface area contributed by atoms with E-state index in [1.54, 1.807) is 0 Å². The fraction of sp³-hybridized carbons (Fsp3) is 0.350. The lowest BCUT2D eigenvalue weighted by Crippen LogP contribution is -2.36. The molecule has 2 aromatic rings. The van der Waals surface area contributed by atoms with E-state index >= 15 is 0 Å². The molecule has 0 aliphatic heterocycles. The second-order valence-corrected chi connectivity index (χ2v) is 6.67. The van der Waals surface area contributed by atoms with Crippen LogP contribution < -0.4 is 10.6 Å². The standard InChI is InChI=1S/C20H27ClN4/c1-4-22-20(24-14-18-6-5-7-19(21)12-18)23-13-16-8-10-17(11-9-16)15-25(2)3/h5-12H,4,13-15H2,1-3H3,(H2,22,23,24). The van der Waals surface area contributed by atoms with Gasteiger partial charge in [0.25, 0.3) is 0 Å². The molecule has 0 atom stereocenters. The van der Waals surface area contributed by atoms with Gasteiger partial charge < -0.3 is 15.5 Å². The third kappa shape index (κ3) is 7.16. The zero-order valence-electron chi connectivity index (χ0n) is 15.2. The molecular weight excluding hydrogens is 332 g/mol. The Morgan fingerprint density at radius 3 is 2.36 bits per heavy atom. The van der Waals surface area contributed by atoms with Crippen LogP contribution in [-0.2, 0) is 19.6 Å². The van der Waals surface area contributed by atoms with Crippen molar-refractivity contribution >= 4 is 17.6 Å². The number of guanidine groups is 1. The monoisotopic (exact) mass is 358 g/mol. The van der Waals surface area contributed by atoms with Crippen molar-refractivity contribution in [2.45, 2.75) is 26.6 Å². The van der Waals surface area contributed by atoms with Crippen LogP contribution in [0.4, 0.5) is 0 Å². The Balaban J connectivity index is 1.93. The zero-order valence-corrected chi connectivity index (χ0v) is 16.0. The van der Waals surface area contributed by atoms with Gasteiger partial charge in [0.05, 0.1) is 6.54 Å². The Hall–Kier alpha value is -2.04. The average Bonchev–Trinajstić information content (AvgIpc) is 2.58. The second-order valence-electron chi connectivity index (χ2n) is 6.23. The summed E-state index contributed by atoms with van der Waals surface area (Å²) in [7, 11) is 4.16. The maximum absolute atomic E-state index is 6.02. The van der Waals surface area contributed by atoms with Crippen molar-refractivity contribution in [3.8, 4) is 0 Å². The van der Waals surface area contributed by atoms with Crippen LogP contribution >= 0.6 is 11.6 Å². The highest BCUT2D eigenvalue weighted by Gasteiger charge is 2.00. The van der Waals surface area contributed by atoms with Crippen LogP contribution in [0.3, 0.4) is 0 Å². The quantitative estimate of drug-likeness (QED) is 0.586. The van der Waals surface area contributed by atoms with Gasteiger partial charge in [-0.3, -0.25) is 0 Å². The second kappa shape index (κ2) is 10.1. The van der Waals surface area contributed by atoms with Gasteiger partial charge in [0.15, 0.2) is 5.96 Å². The van der Waals surface area contributed by atoms with Crippen molar-refractivity contribution in [1.82, 2.24) is 15.5 Å². The molecular formula is C20H27ClN4. The van der Waals surface area contributed by atoms with Gasteiger partial charge in [-0.15, -0.1) is 0 Å². The van der Waals surface area contributed by atoms with E-state index in [0.29, 0.717) is 6.54 Å². The SMILES string of the molecule is CCNC(=NCc1cccc(Cl)c1)NCc1ccc(CN(C)C)cc1. The van der Waals surface area contributed by atoms with Gasteiger partial charge in [0, 0.05) is 24.7 Å². The highest BCUT2D eigenvalue weighted by Crippen LogP contribution is 2.11. The molecule has 0 fully saturated rings. The minimum absolute atomic E-state index is 0.595. The van der Waals surface area contributed by atoms with E-state index in [4.69, 9.17) is 11.6 Å². The molecule has 2 aromatic carbocycles. The van der Waals surface area contributed by atoms with E-state index in [1.807, 2.05) is 24.3 Å². The van der Waals surface area contributed by atoms with Crippen LogP contribution in [0.5, 0.6) is 0 Å². The fourth-order valence-electron chi connectivity index (χ4n) is 2.46. The summed E-state index contributed by atoms with van der Waals surface area (Å²) in [5.74, 6) is 0.805. The first kappa shape index (κ1) is 19.3. The molecule has 0 spiro atoms. The van der Waals surface area contributed by atoms with Crippen LogP contribution in [0, 0.1) is 0 Å². The molecule has 0 bridgehead atoms. The molecule has 0 amide bonds.